The Hall–Kier alpha value is -1.91. The van der Waals surface area contributed by atoms with Crippen molar-refractivity contribution in [3.63, 3.8) is 0 Å². The topological polar surface area (TPSA) is 62.3 Å². The van der Waals surface area contributed by atoms with Gasteiger partial charge in [-0.3, -0.25) is 14.6 Å². The van der Waals surface area contributed by atoms with E-state index in [-0.39, 0.29) is 17.5 Å². The Morgan fingerprint density at radius 1 is 1.24 bits per heavy atom. The van der Waals surface area contributed by atoms with Gasteiger partial charge in [0.2, 0.25) is 5.91 Å². The molecule has 1 aliphatic heterocycles. The molecule has 25 heavy (non-hydrogen) atoms. The first-order chi connectivity index (χ1) is 12.1. The second-order valence-corrected chi connectivity index (χ2v) is 8.17. The summed E-state index contributed by atoms with van der Waals surface area (Å²) in [5.74, 6) is 1.06. The van der Waals surface area contributed by atoms with Crippen molar-refractivity contribution in [3.05, 3.63) is 29.6 Å². The van der Waals surface area contributed by atoms with E-state index in [1.54, 1.807) is 12.4 Å². The van der Waals surface area contributed by atoms with Gasteiger partial charge in [-0.1, -0.05) is 0 Å². The SMILES string of the molecule is Cc1cncc(C(=O)NC2CCC3(CCC(=O)N3CC3CC3)CC2)c1. The third kappa shape index (κ3) is 3.42. The fraction of sp³-hybridized carbons (Fsp3) is 0.650. The fourth-order valence-electron chi connectivity index (χ4n) is 4.50. The molecule has 4 rings (SSSR count). The highest BCUT2D eigenvalue weighted by Gasteiger charge is 2.48. The molecule has 3 aliphatic rings. The summed E-state index contributed by atoms with van der Waals surface area (Å²) in [5, 5.41) is 3.17. The first-order valence-electron chi connectivity index (χ1n) is 9.59. The van der Waals surface area contributed by atoms with Crippen LogP contribution >= 0.6 is 0 Å². The second-order valence-electron chi connectivity index (χ2n) is 8.17. The maximum absolute atomic E-state index is 12.4. The lowest BCUT2D eigenvalue weighted by molar-refractivity contribution is -0.132. The summed E-state index contributed by atoms with van der Waals surface area (Å²) in [5.41, 5.74) is 1.70. The van der Waals surface area contributed by atoms with Crippen molar-refractivity contribution in [2.75, 3.05) is 6.54 Å². The van der Waals surface area contributed by atoms with Crippen LogP contribution in [0.3, 0.4) is 0 Å². The van der Waals surface area contributed by atoms with Gasteiger partial charge in [-0.25, -0.2) is 0 Å². The summed E-state index contributed by atoms with van der Waals surface area (Å²) in [6.45, 7) is 2.91. The minimum Gasteiger partial charge on any atom is -0.349 e. The number of hydrogen-bond acceptors (Lipinski definition) is 3. The Balaban J connectivity index is 1.36. The zero-order chi connectivity index (χ0) is 17.4. The predicted octanol–water partition coefficient (Wildman–Crippen LogP) is 2.83. The number of aryl methyl sites for hydroxylation is 1. The van der Waals surface area contributed by atoms with Crippen molar-refractivity contribution in [2.45, 2.75) is 69.9 Å². The number of pyridine rings is 1. The molecule has 5 heteroatoms. The zero-order valence-corrected chi connectivity index (χ0v) is 15.0. The number of carbonyl (C=O) groups is 2. The molecule has 1 spiro atoms. The molecule has 2 amide bonds. The number of nitrogens with one attached hydrogen (secondary N) is 1. The molecule has 0 radical (unpaired) electrons. The van der Waals surface area contributed by atoms with E-state index in [1.807, 2.05) is 13.0 Å². The Morgan fingerprint density at radius 2 is 2.00 bits per heavy atom. The number of carbonyl (C=O) groups excluding carboxylic acids is 2. The quantitative estimate of drug-likeness (QED) is 0.916. The van der Waals surface area contributed by atoms with Crippen LogP contribution in [0.4, 0.5) is 0 Å². The lowest BCUT2D eigenvalue weighted by Gasteiger charge is -2.44. The summed E-state index contributed by atoms with van der Waals surface area (Å²) in [4.78, 5) is 31.1. The normalized spacial score (nSPS) is 29.2. The molecular formula is C20H27N3O2. The van der Waals surface area contributed by atoms with Crippen molar-refractivity contribution in [1.82, 2.24) is 15.2 Å². The van der Waals surface area contributed by atoms with Gasteiger partial charge in [-0.15, -0.1) is 0 Å². The van der Waals surface area contributed by atoms with Crippen molar-refractivity contribution in [2.24, 2.45) is 5.92 Å². The van der Waals surface area contributed by atoms with Crippen molar-refractivity contribution in [3.8, 4) is 0 Å². The Kier molecular flexibility index (Phi) is 4.26. The number of hydrogen-bond donors (Lipinski definition) is 1. The highest BCUT2D eigenvalue weighted by molar-refractivity contribution is 5.94. The Morgan fingerprint density at radius 3 is 2.68 bits per heavy atom. The number of likely N-dealkylation sites (tertiary alicyclic amines) is 1. The van der Waals surface area contributed by atoms with Gasteiger partial charge in [0.25, 0.3) is 5.91 Å². The van der Waals surface area contributed by atoms with Gasteiger partial charge in [-0.2, -0.15) is 0 Å². The lowest BCUT2D eigenvalue weighted by Crippen LogP contribution is -2.51. The highest BCUT2D eigenvalue weighted by atomic mass is 16.2. The number of aromatic nitrogens is 1. The second kappa shape index (κ2) is 6.43. The third-order valence-corrected chi connectivity index (χ3v) is 6.20. The van der Waals surface area contributed by atoms with Crippen LogP contribution in [0, 0.1) is 12.8 Å². The van der Waals surface area contributed by atoms with Crippen LogP contribution in [-0.4, -0.2) is 39.8 Å². The van der Waals surface area contributed by atoms with Gasteiger partial charge in [0, 0.05) is 36.9 Å². The summed E-state index contributed by atoms with van der Waals surface area (Å²) < 4.78 is 0. The molecule has 0 atom stereocenters. The molecule has 3 fully saturated rings. The van der Waals surface area contributed by atoms with Gasteiger partial charge in [0.05, 0.1) is 5.56 Å². The van der Waals surface area contributed by atoms with E-state index >= 15 is 0 Å². The number of nitrogens with zero attached hydrogens (tertiary/aromatic N) is 2. The first-order valence-corrected chi connectivity index (χ1v) is 9.59. The highest BCUT2D eigenvalue weighted by Crippen LogP contribution is 2.44. The summed E-state index contributed by atoms with van der Waals surface area (Å²) in [6.07, 6.45) is 11.6. The monoisotopic (exact) mass is 341 g/mol. The smallest absolute Gasteiger partial charge is 0.253 e. The molecule has 1 aromatic heterocycles. The van der Waals surface area contributed by atoms with Gasteiger partial charge >= 0.3 is 0 Å². The van der Waals surface area contributed by atoms with E-state index in [9.17, 15) is 9.59 Å². The summed E-state index contributed by atoms with van der Waals surface area (Å²) in [7, 11) is 0. The molecule has 2 heterocycles. The van der Waals surface area contributed by atoms with Crippen LogP contribution in [0.25, 0.3) is 0 Å². The average molecular weight is 341 g/mol. The van der Waals surface area contributed by atoms with Crippen molar-refractivity contribution >= 4 is 11.8 Å². The molecule has 5 nitrogen and oxygen atoms in total. The van der Waals surface area contributed by atoms with Crippen LogP contribution < -0.4 is 5.32 Å². The molecule has 134 valence electrons. The fourth-order valence-corrected chi connectivity index (χ4v) is 4.50. The standard InChI is InChI=1S/C20H27N3O2/c1-14-10-16(12-21-11-14)19(25)22-17-4-7-20(8-5-17)9-6-18(24)23(20)13-15-2-3-15/h10-12,15,17H,2-9,13H2,1H3,(H,22,25). The molecule has 1 saturated heterocycles. The molecule has 0 bridgehead atoms. The molecule has 0 aromatic carbocycles. The van der Waals surface area contributed by atoms with E-state index < -0.39 is 0 Å². The maximum Gasteiger partial charge on any atom is 0.253 e. The summed E-state index contributed by atoms with van der Waals surface area (Å²) >= 11 is 0. The zero-order valence-electron chi connectivity index (χ0n) is 15.0. The maximum atomic E-state index is 12.4. The van der Waals surface area contributed by atoms with Crippen LogP contribution in [0.1, 0.15) is 67.3 Å². The van der Waals surface area contributed by atoms with Gasteiger partial charge in [0.15, 0.2) is 0 Å². The van der Waals surface area contributed by atoms with Crippen molar-refractivity contribution < 1.29 is 9.59 Å². The van der Waals surface area contributed by atoms with E-state index in [1.165, 1.54) is 12.8 Å². The van der Waals surface area contributed by atoms with E-state index in [0.29, 0.717) is 17.9 Å². The van der Waals surface area contributed by atoms with Gasteiger partial charge < -0.3 is 10.2 Å². The van der Waals surface area contributed by atoms with Gasteiger partial charge in [0.1, 0.15) is 0 Å². The third-order valence-electron chi connectivity index (χ3n) is 6.20. The molecule has 2 saturated carbocycles. The Bertz CT molecular complexity index is 675. The first kappa shape index (κ1) is 16.6. The largest absolute Gasteiger partial charge is 0.349 e. The summed E-state index contributed by atoms with van der Waals surface area (Å²) in [6, 6.07) is 2.08. The minimum absolute atomic E-state index is 0.0329. The van der Waals surface area contributed by atoms with E-state index in [4.69, 9.17) is 0 Å². The van der Waals surface area contributed by atoms with E-state index in [2.05, 4.69) is 15.2 Å². The minimum atomic E-state index is -0.0329. The van der Waals surface area contributed by atoms with Crippen LogP contribution in [-0.2, 0) is 4.79 Å². The lowest BCUT2D eigenvalue weighted by atomic mass is 9.77. The van der Waals surface area contributed by atoms with Crippen molar-refractivity contribution in [1.29, 1.82) is 0 Å². The van der Waals surface area contributed by atoms with Crippen LogP contribution in [0.5, 0.6) is 0 Å². The predicted molar refractivity (Wildman–Crippen MR) is 95.1 cm³/mol. The molecule has 2 aliphatic carbocycles. The van der Waals surface area contributed by atoms with E-state index in [0.717, 1.165) is 50.1 Å². The van der Waals surface area contributed by atoms with Gasteiger partial charge in [-0.05, 0) is 69.4 Å². The average Bonchev–Trinajstić information content (AvgIpc) is 3.38. The molecule has 0 unspecified atom stereocenters. The van der Waals surface area contributed by atoms with Crippen LogP contribution in [0.15, 0.2) is 18.5 Å². The molecular weight excluding hydrogens is 314 g/mol. The molecule has 1 aromatic rings. The number of rotatable bonds is 4. The molecule has 1 N–H and O–H groups in total. The van der Waals surface area contributed by atoms with Crippen LogP contribution in [0.2, 0.25) is 0 Å². The Labute approximate surface area is 149 Å². The number of amides is 2.